The lowest BCUT2D eigenvalue weighted by molar-refractivity contribution is 0.234. The highest BCUT2D eigenvalue weighted by Crippen LogP contribution is 2.31. The molecule has 94 valence electrons. The quantitative estimate of drug-likeness (QED) is 0.715. The number of hydrogen-bond acceptors (Lipinski definition) is 2. The van der Waals surface area contributed by atoms with Crippen molar-refractivity contribution in [2.45, 2.75) is 64.0 Å². The molecule has 0 heterocycles. The molecule has 0 radical (unpaired) electrons. The van der Waals surface area contributed by atoms with Crippen LogP contribution in [0.25, 0.3) is 0 Å². The fourth-order valence-corrected chi connectivity index (χ4v) is 3.30. The second-order valence-corrected chi connectivity index (χ2v) is 5.64. The molecule has 0 amide bonds. The van der Waals surface area contributed by atoms with Crippen LogP contribution in [0.3, 0.4) is 0 Å². The molecule has 0 aromatic carbocycles. The zero-order valence-corrected chi connectivity index (χ0v) is 11.0. The Morgan fingerprint density at radius 3 is 2.56 bits per heavy atom. The van der Waals surface area contributed by atoms with E-state index in [1.165, 1.54) is 58.0 Å². The molecule has 16 heavy (non-hydrogen) atoms. The van der Waals surface area contributed by atoms with Gasteiger partial charge >= 0.3 is 0 Å². The van der Waals surface area contributed by atoms with Crippen molar-refractivity contribution < 1.29 is 0 Å². The Bertz CT molecular complexity index is 199. The first kappa shape index (κ1) is 12.4. The van der Waals surface area contributed by atoms with Crippen molar-refractivity contribution in [1.82, 2.24) is 10.2 Å². The van der Waals surface area contributed by atoms with Crippen molar-refractivity contribution in [2.75, 3.05) is 20.1 Å². The van der Waals surface area contributed by atoms with E-state index in [-0.39, 0.29) is 0 Å². The maximum Gasteiger partial charge on any atom is 0.00964 e. The van der Waals surface area contributed by atoms with Gasteiger partial charge in [0.15, 0.2) is 0 Å². The zero-order chi connectivity index (χ0) is 11.4. The average molecular weight is 224 g/mol. The fraction of sp³-hybridized carbons (Fsp3) is 1.00. The lowest BCUT2D eigenvalue weighted by Crippen LogP contribution is -2.34. The van der Waals surface area contributed by atoms with Crippen LogP contribution in [0.5, 0.6) is 0 Å². The van der Waals surface area contributed by atoms with Gasteiger partial charge in [0.2, 0.25) is 0 Å². The number of rotatable bonds is 7. The van der Waals surface area contributed by atoms with Gasteiger partial charge in [-0.25, -0.2) is 0 Å². The predicted octanol–water partition coefficient (Wildman–Crippen LogP) is 2.64. The summed E-state index contributed by atoms with van der Waals surface area (Å²) in [7, 11) is 2.13. The van der Waals surface area contributed by atoms with Crippen LogP contribution in [-0.2, 0) is 0 Å². The van der Waals surface area contributed by atoms with E-state index < -0.39 is 0 Å². The summed E-state index contributed by atoms with van der Waals surface area (Å²) < 4.78 is 0. The highest BCUT2D eigenvalue weighted by molar-refractivity contribution is 4.87. The van der Waals surface area contributed by atoms with Gasteiger partial charge in [0.1, 0.15) is 0 Å². The van der Waals surface area contributed by atoms with Gasteiger partial charge < -0.3 is 10.2 Å². The first-order valence-corrected chi connectivity index (χ1v) is 7.26. The Kier molecular flexibility index (Phi) is 4.66. The average Bonchev–Trinajstić information content (AvgIpc) is 3.03. The highest BCUT2D eigenvalue weighted by Gasteiger charge is 2.30. The minimum atomic E-state index is 0.808. The zero-order valence-electron chi connectivity index (χ0n) is 11.0. The second-order valence-electron chi connectivity index (χ2n) is 5.64. The van der Waals surface area contributed by atoms with E-state index in [1.807, 2.05) is 0 Å². The van der Waals surface area contributed by atoms with Gasteiger partial charge in [-0.15, -0.1) is 0 Å². The standard InChI is InChI=1S/C14H28N2/c1-3-10-16(13-7-8-13)11-9-12-5-4-6-14(12)15-2/h12-15H,3-11H2,1-2H3. The summed E-state index contributed by atoms with van der Waals surface area (Å²) in [5.41, 5.74) is 0. The van der Waals surface area contributed by atoms with Crippen LogP contribution in [0.4, 0.5) is 0 Å². The van der Waals surface area contributed by atoms with Gasteiger partial charge in [-0.05, 0) is 64.6 Å². The van der Waals surface area contributed by atoms with E-state index in [4.69, 9.17) is 0 Å². The SMILES string of the molecule is CCCN(CCC1CCCC1NC)C1CC1. The summed E-state index contributed by atoms with van der Waals surface area (Å²) in [6, 6.07) is 1.76. The molecule has 2 saturated carbocycles. The Morgan fingerprint density at radius 2 is 1.94 bits per heavy atom. The summed E-state index contributed by atoms with van der Waals surface area (Å²) in [4.78, 5) is 2.74. The number of nitrogens with zero attached hydrogens (tertiary/aromatic N) is 1. The normalized spacial score (nSPS) is 30.2. The number of nitrogens with one attached hydrogen (secondary N) is 1. The van der Waals surface area contributed by atoms with Crippen LogP contribution in [0.1, 0.15) is 51.9 Å². The maximum atomic E-state index is 3.50. The van der Waals surface area contributed by atoms with E-state index in [2.05, 4.69) is 24.2 Å². The maximum absolute atomic E-state index is 3.50. The van der Waals surface area contributed by atoms with Gasteiger partial charge in [0.05, 0.1) is 0 Å². The van der Waals surface area contributed by atoms with Crippen LogP contribution >= 0.6 is 0 Å². The highest BCUT2D eigenvalue weighted by atomic mass is 15.2. The third-order valence-corrected chi connectivity index (χ3v) is 4.39. The molecule has 2 unspecified atom stereocenters. The summed E-state index contributed by atoms with van der Waals surface area (Å²) in [6.45, 7) is 4.98. The Hall–Kier alpha value is -0.0800. The molecule has 2 aliphatic rings. The minimum absolute atomic E-state index is 0.808. The summed E-state index contributed by atoms with van der Waals surface area (Å²) in [5, 5.41) is 3.50. The van der Waals surface area contributed by atoms with Gasteiger partial charge in [0, 0.05) is 12.1 Å². The molecule has 0 aliphatic heterocycles. The molecule has 2 atom stereocenters. The van der Waals surface area contributed by atoms with Crippen LogP contribution in [-0.4, -0.2) is 37.1 Å². The van der Waals surface area contributed by atoms with E-state index in [0.717, 1.165) is 18.0 Å². The van der Waals surface area contributed by atoms with Crippen molar-refractivity contribution in [3.63, 3.8) is 0 Å². The van der Waals surface area contributed by atoms with Gasteiger partial charge in [-0.1, -0.05) is 13.3 Å². The van der Waals surface area contributed by atoms with Crippen LogP contribution in [0.2, 0.25) is 0 Å². The van der Waals surface area contributed by atoms with E-state index in [1.54, 1.807) is 0 Å². The van der Waals surface area contributed by atoms with Crippen molar-refractivity contribution in [3.8, 4) is 0 Å². The van der Waals surface area contributed by atoms with Crippen molar-refractivity contribution in [2.24, 2.45) is 5.92 Å². The molecule has 0 aromatic rings. The third kappa shape index (κ3) is 3.21. The Balaban J connectivity index is 1.71. The minimum Gasteiger partial charge on any atom is -0.317 e. The van der Waals surface area contributed by atoms with E-state index in [0.29, 0.717) is 0 Å². The van der Waals surface area contributed by atoms with E-state index >= 15 is 0 Å². The van der Waals surface area contributed by atoms with E-state index in [9.17, 15) is 0 Å². The van der Waals surface area contributed by atoms with Gasteiger partial charge in [0.25, 0.3) is 0 Å². The summed E-state index contributed by atoms with van der Waals surface area (Å²) in [6.07, 6.45) is 9.95. The van der Waals surface area contributed by atoms with Crippen LogP contribution < -0.4 is 5.32 Å². The molecule has 2 nitrogen and oxygen atoms in total. The molecule has 0 spiro atoms. The van der Waals surface area contributed by atoms with Crippen molar-refractivity contribution in [3.05, 3.63) is 0 Å². The summed E-state index contributed by atoms with van der Waals surface area (Å²) >= 11 is 0. The molecule has 0 aromatic heterocycles. The first-order valence-electron chi connectivity index (χ1n) is 7.26. The van der Waals surface area contributed by atoms with Gasteiger partial charge in [-0.2, -0.15) is 0 Å². The Labute approximate surface area is 101 Å². The first-order chi connectivity index (χ1) is 7.85. The molecule has 2 fully saturated rings. The molecule has 2 rings (SSSR count). The smallest absolute Gasteiger partial charge is 0.00964 e. The lowest BCUT2D eigenvalue weighted by Gasteiger charge is -2.25. The topological polar surface area (TPSA) is 15.3 Å². The molecule has 2 aliphatic carbocycles. The lowest BCUT2D eigenvalue weighted by atomic mass is 9.99. The molecular formula is C14H28N2. The molecule has 1 N–H and O–H groups in total. The molecule has 2 heteroatoms. The Morgan fingerprint density at radius 1 is 1.12 bits per heavy atom. The van der Waals surface area contributed by atoms with Crippen LogP contribution in [0, 0.1) is 5.92 Å². The van der Waals surface area contributed by atoms with Gasteiger partial charge in [-0.3, -0.25) is 0 Å². The monoisotopic (exact) mass is 224 g/mol. The molecule has 0 saturated heterocycles. The molecule has 0 bridgehead atoms. The largest absolute Gasteiger partial charge is 0.317 e. The summed E-state index contributed by atoms with van der Waals surface area (Å²) in [5.74, 6) is 0.947. The van der Waals surface area contributed by atoms with Crippen LogP contribution in [0.15, 0.2) is 0 Å². The van der Waals surface area contributed by atoms with Crippen molar-refractivity contribution >= 4 is 0 Å². The third-order valence-electron chi connectivity index (χ3n) is 4.39. The second kappa shape index (κ2) is 6.02. The predicted molar refractivity (Wildman–Crippen MR) is 69.7 cm³/mol. The number of hydrogen-bond donors (Lipinski definition) is 1. The fourth-order valence-electron chi connectivity index (χ4n) is 3.30. The molecular weight excluding hydrogens is 196 g/mol. The van der Waals surface area contributed by atoms with Crippen molar-refractivity contribution in [1.29, 1.82) is 0 Å².